The first-order valence-corrected chi connectivity index (χ1v) is 7.24. The molecule has 0 aliphatic carbocycles. The van der Waals surface area contributed by atoms with Crippen molar-refractivity contribution in [1.82, 2.24) is 4.90 Å². The van der Waals surface area contributed by atoms with E-state index in [0.29, 0.717) is 0 Å². The lowest BCUT2D eigenvalue weighted by molar-refractivity contribution is -0.404. The average molecular weight is 276 g/mol. The molecule has 110 valence electrons. The second-order valence-electron chi connectivity index (χ2n) is 5.02. The lowest BCUT2D eigenvalue weighted by Gasteiger charge is -2.24. The maximum Gasteiger partial charge on any atom is 0.253 e. The number of unbranched alkanes of at least 4 members (excludes halogenated alkanes) is 3. The third kappa shape index (κ3) is 6.36. The largest absolute Gasteiger partial charge is 0.366 e. The minimum absolute atomic E-state index is 0.376. The van der Waals surface area contributed by atoms with Crippen LogP contribution < -0.4 is 0 Å². The molecule has 0 spiro atoms. The molecule has 4 heteroatoms. The molecule has 0 saturated heterocycles. The Morgan fingerprint density at radius 1 is 1.25 bits per heavy atom. The molecule has 0 bridgehead atoms. The first kappa shape index (κ1) is 16.2. The summed E-state index contributed by atoms with van der Waals surface area (Å²) >= 11 is 0. The van der Waals surface area contributed by atoms with Crippen molar-refractivity contribution < 1.29 is 4.92 Å². The summed E-state index contributed by atoms with van der Waals surface area (Å²) in [7, 11) is 0. The summed E-state index contributed by atoms with van der Waals surface area (Å²) in [4.78, 5) is 12.4. The van der Waals surface area contributed by atoms with Gasteiger partial charge >= 0.3 is 0 Å². The first-order chi connectivity index (χ1) is 9.63. The topological polar surface area (TPSA) is 46.4 Å². The molecule has 0 N–H and O–H groups in total. The highest BCUT2D eigenvalue weighted by atomic mass is 16.6. The lowest BCUT2D eigenvalue weighted by Crippen LogP contribution is -2.23. The second-order valence-corrected chi connectivity index (χ2v) is 5.02. The van der Waals surface area contributed by atoms with Crippen LogP contribution in [0, 0.1) is 10.1 Å². The fourth-order valence-corrected chi connectivity index (χ4v) is 2.15. The summed E-state index contributed by atoms with van der Waals surface area (Å²) in [6, 6.07) is 10.1. The van der Waals surface area contributed by atoms with Crippen LogP contribution in [0.5, 0.6) is 0 Å². The zero-order chi connectivity index (χ0) is 14.8. The van der Waals surface area contributed by atoms with Crippen LogP contribution in [-0.2, 0) is 6.54 Å². The highest BCUT2D eigenvalue weighted by Crippen LogP contribution is 2.13. The van der Waals surface area contributed by atoms with Gasteiger partial charge in [0, 0.05) is 13.1 Å². The van der Waals surface area contributed by atoms with Crippen LogP contribution >= 0.6 is 0 Å². The summed E-state index contributed by atoms with van der Waals surface area (Å²) in [5.74, 6) is 0. The van der Waals surface area contributed by atoms with E-state index in [2.05, 4.69) is 24.0 Å². The summed E-state index contributed by atoms with van der Waals surface area (Å²) < 4.78 is 0. The van der Waals surface area contributed by atoms with Gasteiger partial charge in [-0.1, -0.05) is 56.5 Å². The van der Waals surface area contributed by atoms with Gasteiger partial charge in [0.05, 0.1) is 10.6 Å². The highest BCUT2D eigenvalue weighted by molar-refractivity contribution is 5.15. The zero-order valence-corrected chi connectivity index (χ0v) is 12.4. The van der Waals surface area contributed by atoms with E-state index in [-0.39, 0.29) is 4.92 Å². The van der Waals surface area contributed by atoms with Gasteiger partial charge in [-0.25, -0.2) is 0 Å². The van der Waals surface area contributed by atoms with Crippen LogP contribution in [0.25, 0.3) is 0 Å². The van der Waals surface area contributed by atoms with E-state index < -0.39 is 0 Å². The van der Waals surface area contributed by atoms with Crippen molar-refractivity contribution in [3.63, 3.8) is 0 Å². The molecule has 0 radical (unpaired) electrons. The van der Waals surface area contributed by atoms with E-state index in [1.165, 1.54) is 24.8 Å². The molecule has 0 saturated carbocycles. The molecule has 1 aromatic carbocycles. The third-order valence-electron chi connectivity index (χ3n) is 3.29. The van der Waals surface area contributed by atoms with Gasteiger partial charge < -0.3 is 4.90 Å². The van der Waals surface area contributed by atoms with Crippen molar-refractivity contribution in [2.45, 2.75) is 46.1 Å². The molecule has 0 aliphatic rings. The third-order valence-corrected chi connectivity index (χ3v) is 3.29. The van der Waals surface area contributed by atoms with Gasteiger partial charge in [0.1, 0.15) is 0 Å². The fraction of sp³-hybridized carbons (Fsp3) is 0.500. The predicted octanol–water partition coefficient (Wildman–Crippen LogP) is 4.21. The Morgan fingerprint density at radius 2 is 1.95 bits per heavy atom. The van der Waals surface area contributed by atoms with E-state index in [4.69, 9.17) is 0 Å². The smallest absolute Gasteiger partial charge is 0.253 e. The van der Waals surface area contributed by atoms with Gasteiger partial charge in [-0.2, -0.15) is 0 Å². The number of nitro groups is 1. The number of hydrogen-bond acceptors (Lipinski definition) is 3. The summed E-state index contributed by atoms with van der Waals surface area (Å²) in [5, 5.41) is 10.6. The second kappa shape index (κ2) is 9.13. The van der Waals surface area contributed by atoms with Crippen LogP contribution in [0.3, 0.4) is 0 Å². The van der Waals surface area contributed by atoms with E-state index in [9.17, 15) is 10.1 Å². The normalized spacial score (nSPS) is 11.4. The van der Waals surface area contributed by atoms with Crippen molar-refractivity contribution >= 4 is 0 Å². The van der Waals surface area contributed by atoms with E-state index in [1.54, 1.807) is 0 Å². The highest BCUT2D eigenvalue weighted by Gasteiger charge is 2.09. The van der Waals surface area contributed by atoms with Gasteiger partial charge in [-0.05, 0) is 18.9 Å². The molecule has 0 unspecified atom stereocenters. The van der Waals surface area contributed by atoms with Gasteiger partial charge in [-0.3, -0.25) is 10.1 Å². The van der Waals surface area contributed by atoms with E-state index in [1.807, 2.05) is 25.1 Å². The Labute approximate surface area is 121 Å². The number of hydrogen-bond donors (Lipinski definition) is 0. The van der Waals surface area contributed by atoms with Crippen LogP contribution in [0.2, 0.25) is 0 Å². The monoisotopic (exact) mass is 276 g/mol. The Hall–Kier alpha value is -1.84. The molecular weight excluding hydrogens is 252 g/mol. The molecule has 0 heterocycles. The molecule has 0 fully saturated rings. The predicted molar refractivity (Wildman–Crippen MR) is 81.7 cm³/mol. The van der Waals surface area contributed by atoms with Gasteiger partial charge in [0.25, 0.3) is 6.20 Å². The molecule has 0 aromatic heterocycles. The molecule has 20 heavy (non-hydrogen) atoms. The number of allylic oxidation sites excluding steroid dienone is 1. The SMILES string of the molecule is CCCCCCN(Cc1ccccc1)/C(C)=C/[N+](=O)[O-]. The van der Waals surface area contributed by atoms with Crippen LogP contribution in [0.1, 0.15) is 45.1 Å². The van der Waals surface area contributed by atoms with Gasteiger partial charge in [0.15, 0.2) is 0 Å². The van der Waals surface area contributed by atoms with E-state index in [0.717, 1.165) is 31.4 Å². The van der Waals surface area contributed by atoms with Crippen molar-refractivity contribution in [3.8, 4) is 0 Å². The van der Waals surface area contributed by atoms with Crippen LogP contribution in [0.4, 0.5) is 0 Å². The quantitative estimate of drug-likeness (QED) is 0.385. The molecule has 0 amide bonds. The van der Waals surface area contributed by atoms with Gasteiger partial charge in [0.2, 0.25) is 0 Å². The Balaban J connectivity index is 2.66. The molecule has 0 atom stereocenters. The maximum atomic E-state index is 10.6. The number of benzene rings is 1. The van der Waals surface area contributed by atoms with Crippen molar-refractivity contribution in [2.75, 3.05) is 6.54 Å². The van der Waals surface area contributed by atoms with Crippen molar-refractivity contribution in [1.29, 1.82) is 0 Å². The Bertz CT molecular complexity index is 429. The van der Waals surface area contributed by atoms with Crippen molar-refractivity contribution in [2.24, 2.45) is 0 Å². The summed E-state index contributed by atoms with van der Waals surface area (Å²) in [6.45, 7) is 5.58. The molecule has 1 rings (SSSR count). The van der Waals surface area contributed by atoms with Gasteiger partial charge in [-0.15, -0.1) is 0 Å². The molecular formula is C16H24N2O2. The zero-order valence-electron chi connectivity index (χ0n) is 12.4. The first-order valence-electron chi connectivity index (χ1n) is 7.24. The Morgan fingerprint density at radius 3 is 2.55 bits per heavy atom. The average Bonchev–Trinajstić information content (AvgIpc) is 2.42. The van der Waals surface area contributed by atoms with Crippen LogP contribution in [-0.4, -0.2) is 16.4 Å². The summed E-state index contributed by atoms with van der Waals surface area (Å²) in [5.41, 5.74) is 1.90. The molecule has 0 aliphatic heterocycles. The van der Waals surface area contributed by atoms with Crippen molar-refractivity contribution in [3.05, 3.63) is 57.9 Å². The Kier molecular flexibility index (Phi) is 7.40. The molecule has 1 aromatic rings. The molecule has 4 nitrogen and oxygen atoms in total. The summed E-state index contributed by atoms with van der Waals surface area (Å²) in [6.07, 6.45) is 5.76. The standard InChI is InChI=1S/C16H24N2O2/c1-3-4-5-9-12-17(15(2)13-18(19)20)14-16-10-7-6-8-11-16/h6-8,10-11,13H,3-5,9,12,14H2,1-2H3/b15-13+. The minimum atomic E-state index is -0.376. The minimum Gasteiger partial charge on any atom is -0.366 e. The number of rotatable bonds is 9. The number of nitrogens with zero attached hydrogens (tertiary/aromatic N) is 2. The fourth-order valence-electron chi connectivity index (χ4n) is 2.15. The lowest BCUT2D eigenvalue weighted by atomic mass is 10.1. The van der Waals surface area contributed by atoms with E-state index >= 15 is 0 Å². The van der Waals surface area contributed by atoms with Crippen LogP contribution in [0.15, 0.2) is 42.2 Å². The maximum absolute atomic E-state index is 10.6.